The Bertz CT molecular complexity index is 2350. The maximum Gasteiger partial charge on any atom is 0.337 e. The van der Waals surface area contributed by atoms with Crippen molar-refractivity contribution in [3.05, 3.63) is 150 Å². The predicted octanol–water partition coefficient (Wildman–Crippen LogP) is 7.95. The van der Waals surface area contributed by atoms with Crippen molar-refractivity contribution in [2.24, 2.45) is 0 Å². The van der Waals surface area contributed by atoms with Gasteiger partial charge in [0.15, 0.2) is 0 Å². The van der Waals surface area contributed by atoms with Gasteiger partial charge in [-0.15, -0.1) is 0 Å². The zero-order valence-electron chi connectivity index (χ0n) is 29.6. The zero-order valence-corrected chi connectivity index (χ0v) is 30.4. The first-order valence-electron chi connectivity index (χ1n) is 17.3. The molecule has 5 N–H and O–H groups in total. The van der Waals surface area contributed by atoms with E-state index in [0.29, 0.717) is 43.7 Å². The number of benzene rings is 6. The zero-order chi connectivity index (χ0) is 38.0. The Morgan fingerprint density at radius 2 is 1.26 bits per heavy atom. The van der Waals surface area contributed by atoms with Crippen LogP contribution in [0.5, 0.6) is 0 Å². The molecule has 2 amide bonds. The van der Waals surface area contributed by atoms with E-state index in [1.165, 1.54) is 46.1 Å². The maximum absolute atomic E-state index is 12.8. The number of nitrogens with zero attached hydrogens (tertiary/aromatic N) is 1. The number of nitrogens with two attached hydrogens (primary N) is 1. The largest absolute Gasteiger partial charge is 0.478 e. The first-order valence-corrected chi connectivity index (χ1v) is 18.7. The first-order chi connectivity index (χ1) is 25.5. The van der Waals surface area contributed by atoms with Crippen molar-refractivity contribution in [2.45, 2.75) is 38.1 Å². The van der Waals surface area contributed by atoms with Crippen LogP contribution in [0.1, 0.15) is 63.3 Å². The van der Waals surface area contributed by atoms with Crippen molar-refractivity contribution >= 4 is 60.7 Å². The van der Waals surface area contributed by atoms with E-state index in [-0.39, 0.29) is 27.6 Å². The second kappa shape index (κ2) is 17.5. The molecule has 0 saturated carbocycles. The molecule has 0 saturated heterocycles. The van der Waals surface area contributed by atoms with Crippen LogP contribution in [0.4, 0.5) is 11.4 Å². The van der Waals surface area contributed by atoms with E-state index in [9.17, 15) is 27.9 Å². The summed E-state index contributed by atoms with van der Waals surface area (Å²) < 4.78 is 27.0. The Hall–Kier alpha value is -6.04. The number of hydrogen-bond acceptors (Lipinski definition) is 6. The number of nitrogen functional groups attached to an aromatic ring is 1. The third-order valence-electron chi connectivity index (χ3n) is 8.59. The van der Waals surface area contributed by atoms with Gasteiger partial charge in [-0.1, -0.05) is 92.7 Å². The summed E-state index contributed by atoms with van der Waals surface area (Å²) in [6, 6.07) is 37.6. The Morgan fingerprint density at radius 3 is 1.92 bits per heavy atom. The van der Waals surface area contributed by atoms with Gasteiger partial charge in [0.1, 0.15) is 0 Å². The minimum atomic E-state index is -3.62. The fraction of sp³-hybridized carbons (Fsp3) is 0.167. The highest BCUT2D eigenvalue weighted by Gasteiger charge is 2.23. The molecular weight excluding hydrogens is 689 g/mol. The van der Waals surface area contributed by atoms with E-state index in [1.807, 2.05) is 74.5 Å². The molecule has 0 aliphatic heterocycles. The van der Waals surface area contributed by atoms with Gasteiger partial charge >= 0.3 is 5.97 Å². The quantitative estimate of drug-likeness (QED) is 0.0930. The highest BCUT2D eigenvalue weighted by molar-refractivity contribution is 7.89. The lowest BCUT2D eigenvalue weighted by Crippen LogP contribution is -2.32. The number of hydrogen-bond donors (Lipinski definition) is 4. The van der Waals surface area contributed by atoms with Crippen LogP contribution in [-0.4, -0.2) is 48.7 Å². The molecular formula is C42H42N4O6S. The summed E-state index contributed by atoms with van der Waals surface area (Å²) in [6.45, 7) is 5.17. The van der Waals surface area contributed by atoms with Crippen LogP contribution in [-0.2, 0) is 16.6 Å². The first kappa shape index (κ1) is 38.2. The van der Waals surface area contributed by atoms with E-state index in [1.54, 1.807) is 12.1 Å². The van der Waals surface area contributed by atoms with Crippen molar-refractivity contribution in [1.82, 2.24) is 9.62 Å². The number of sulfonamides is 1. The molecule has 6 aromatic carbocycles. The predicted molar refractivity (Wildman–Crippen MR) is 211 cm³/mol. The summed E-state index contributed by atoms with van der Waals surface area (Å²) in [7, 11) is -3.62. The number of fused-ring (bicyclic) bond motifs is 2. The molecule has 0 aliphatic rings. The lowest BCUT2D eigenvalue weighted by atomic mass is 10.0. The van der Waals surface area contributed by atoms with E-state index in [0.717, 1.165) is 21.7 Å². The lowest BCUT2D eigenvalue weighted by molar-refractivity contribution is 0.0697. The second-order valence-electron chi connectivity index (χ2n) is 12.3. The summed E-state index contributed by atoms with van der Waals surface area (Å²) >= 11 is 0. The van der Waals surface area contributed by atoms with Gasteiger partial charge in [0.25, 0.3) is 11.8 Å². The molecule has 0 bridgehead atoms. The minimum absolute atomic E-state index is 0.0233. The van der Waals surface area contributed by atoms with E-state index >= 15 is 0 Å². The summed E-state index contributed by atoms with van der Waals surface area (Å²) in [5.41, 5.74) is 8.57. The van der Waals surface area contributed by atoms with Crippen LogP contribution in [0.25, 0.3) is 21.5 Å². The lowest BCUT2D eigenvalue weighted by Gasteiger charge is -2.21. The van der Waals surface area contributed by atoms with Crippen LogP contribution in [0, 0.1) is 0 Å². The fourth-order valence-electron chi connectivity index (χ4n) is 5.92. The Kier molecular flexibility index (Phi) is 12.6. The van der Waals surface area contributed by atoms with Crippen molar-refractivity contribution in [2.75, 3.05) is 24.1 Å². The fourth-order valence-corrected chi connectivity index (χ4v) is 7.55. The van der Waals surface area contributed by atoms with Gasteiger partial charge in [-0.3, -0.25) is 9.59 Å². The molecule has 0 unspecified atom stereocenters. The van der Waals surface area contributed by atoms with Crippen molar-refractivity contribution in [3.8, 4) is 0 Å². The third kappa shape index (κ3) is 9.26. The number of aromatic carboxylic acids is 1. The van der Waals surface area contributed by atoms with Crippen molar-refractivity contribution in [3.63, 3.8) is 0 Å². The number of carbonyl (C=O) groups is 3. The van der Waals surface area contributed by atoms with E-state index < -0.39 is 21.9 Å². The van der Waals surface area contributed by atoms with Crippen molar-refractivity contribution in [1.29, 1.82) is 0 Å². The van der Waals surface area contributed by atoms with Gasteiger partial charge < -0.3 is 21.5 Å². The van der Waals surface area contributed by atoms with Gasteiger partial charge in [-0.05, 0) is 88.5 Å². The maximum atomic E-state index is 12.8. The molecule has 6 aromatic rings. The molecule has 0 spiro atoms. The monoisotopic (exact) mass is 730 g/mol. The van der Waals surface area contributed by atoms with Crippen LogP contribution in [0.3, 0.4) is 0 Å². The molecule has 0 heterocycles. The van der Waals surface area contributed by atoms with Crippen LogP contribution in [0.2, 0.25) is 0 Å². The SMILES string of the molecule is CCCN(CCC)S(=O)(=O)c1ccc(C(=O)Nc2ccccc2C(=O)O)cc1.Nc1cc2ccccc2cc1C(=O)NCc1cccc2ccccc12. The standard InChI is InChI=1S/C22H18N2O.C20H24N2O5S/c23-21-13-17-8-2-1-7-16(17)12-20(21)22(25)24-14-18-10-5-9-15-6-3-4-11-19(15)18;1-3-13-22(14-4-2)28(26,27)16-11-9-15(10-12-16)19(23)21-18-8-6-5-7-17(18)20(24)25/h1-13H,14,23H2,(H,24,25);5-12H,3-4,13-14H2,1-2H3,(H,21,23)(H,24,25). The molecule has 272 valence electrons. The van der Waals surface area contributed by atoms with Crippen molar-refractivity contribution < 1.29 is 27.9 Å². The number of rotatable bonds is 12. The summed E-state index contributed by atoms with van der Waals surface area (Å²) in [6.07, 6.45) is 1.42. The Labute approximate surface area is 309 Å². The smallest absolute Gasteiger partial charge is 0.337 e. The highest BCUT2D eigenvalue weighted by Crippen LogP contribution is 2.23. The average Bonchev–Trinajstić information content (AvgIpc) is 3.17. The molecule has 11 heteroatoms. The molecule has 0 atom stereocenters. The summed E-state index contributed by atoms with van der Waals surface area (Å²) in [5.74, 6) is -1.82. The number of nitrogens with one attached hydrogen (secondary N) is 2. The molecule has 10 nitrogen and oxygen atoms in total. The normalized spacial score (nSPS) is 11.2. The number of carbonyl (C=O) groups excluding carboxylic acids is 2. The Morgan fingerprint density at radius 1 is 0.679 bits per heavy atom. The second-order valence-corrected chi connectivity index (χ2v) is 14.3. The third-order valence-corrected chi connectivity index (χ3v) is 10.5. The number of para-hydroxylation sites is 1. The minimum Gasteiger partial charge on any atom is -0.478 e. The Balaban J connectivity index is 0.000000205. The van der Waals surface area contributed by atoms with E-state index in [2.05, 4.69) is 28.8 Å². The molecule has 0 radical (unpaired) electrons. The number of carboxylic acids is 1. The van der Waals surface area contributed by atoms with E-state index in [4.69, 9.17) is 5.73 Å². The summed E-state index contributed by atoms with van der Waals surface area (Å²) in [4.78, 5) is 36.4. The van der Waals surface area contributed by atoms with Gasteiger partial charge in [0.05, 0.1) is 21.7 Å². The van der Waals surface area contributed by atoms with Gasteiger partial charge in [0.2, 0.25) is 10.0 Å². The van der Waals surface area contributed by atoms with Crippen LogP contribution >= 0.6 is 0 Å². The highest BCUT2D eigenvalue weighted by atomic mass is 32.2. The van der Waals surface area contributed by atoms with Crippen LogP contribution < -0.4 is 16.4 Å². The topological polar surface area (TPSA) is 159 Å². The number of amides is 2. The van der Waals surface area contributed by atoms with Gasteiger partial charge in [-0.2, -0.15) is 4.31 Å². The molecule has 53 heavy (non-hydrogen) atoms. The molecule has 0 aromatic heterocycles. The molecule has 0 aliphatic carbocycles. The molecule has 6 rings (SSSR count). The molecule has 0 fully saturated rings. The van der Waals surface area contributed by atoms with Gasteiger partial charge in [-0.25, -0.2) is 13.2 Å². The number of carboxylic acid groups (broad SMARTS) is 1. The number of anilines is 2. The average molecular weight is 731 g/mol. The van der Waals surface area contributed by atoms with Gasteiger partial charge in [0, 0.05) is 30.9 Å². The summed E-state index contributed by atoms with van der Waals surface area (Å²) in [5, 5.41) is 19.1. The van der Waals surface area contributed by atoms with Crippen LogP contribution in [0.15, 0.2) is 132 Å².